The fraction of sp³-hybridized carbons (Fsp3) is 0.333. The molecule has 1 saturated carbocycles. The molecule has 0 aliphatic heterocycles. The lowest BCUT2D eigenvalue weighted by atomic mass is 9.76. The predicted octanol–water partition coefficient (Wildman–Crippen LogP) is 3.32. The van der Waals surface area contributed by atoms with Crippen LogP contribution in [0.3, 0.4) is 0 Å². The Balaban J connectivity index is 1.46. The van der Waals surface area contributed by atoms with Crippen LogP contribution in [0.4, 0.5) is 0 Å². The van der Waals surface area contributed by atoms with Crippen molar-refractivity contribution in [1.82, 2.24) is 5.32 Å². The third kappa shape index (κ3) is 2.42. The van der Waals surface area contributed by atoms with E-state index in [1.807, 2.05) is 12.1 Å². The second kappa shape index (κ2) is 4.76. The van der Waals surface area contributed by atoms with Gasteiger partial charge in [-0.15, -0.1) is 0 Å². The molecule has 0 unspecified atom stereocenters. The van der Waals surface area contributed by atoms with Crippen molar-refractivity contribution in [3.05, 3.63) is 60.1 Å². The molecule has 1 heterocycles. The summed E-state index contributed by atoms with van der Waals surface area (Å²) in [5.74, 6) is 1.76. The second-order valence-corrected chi connectivity index (χ2v) is 4.74. The summed E-state index contributed by atoms with van der Waals surface area (Å²) >= 11 is 0. The summed E-state index contributed by atoms with van der Waals surface area (Å²) in [6.45, 7) is 0.846. The van der Waals surface area contributed by atoms with E-state index in [-0.39, 0.29) is 0 Å². The number of nitrogens with one attached hydrogen (secondary N) is 1. The maximum atomic E-state index is 5.30. The van der Waals surface area contributed by atoms with Crippen molar-refractivity contribution in [3.8, 4) is 0 Å². The fourth-order valence-corrected chi connectivity index (χ4v) is 2.44. The number of hydrogen-bond acceptors (Lipinski definition) is 2. The fourth-order valence-electron chi connectivity index (χ4n) is 2.44. The molecule has 1 aliphatic rings. The SMILES string of the molecule is c1ccc(C2CC(NCc3ccco3)C2)cc1. The normalized spacial score (nSPS) is 23.3. The maximum absolute atomic E-state index is 5.30. The molecule has 3 rings (SSSR count). The molecule has 0 saturated heterocycles. The maximum Gasteiger partial charge on any atom is 0.117 e. The molecule has 1 fully saturated rings. The lowest BCUT2D eigenvalue weighted by Gasteiger charge is -2.36. The molecule has 1 aliphatic carbocycles. The van der Waals surface area contributed by atoms with Crippen molar-refractivity contribution in [1.29, 1.82) is 0 Å². The minimum Gasteiger partial charge on any atom is -0.468 e. The first-order chi connectivity index (χ1) is 8.42. The number of hydrogen-bond donors (Lipinski definition) is 1. The zero-order chi connectivity index (χ0) is 11.5. The lowest BCUT2D eigenvalue weighted by Crippen LogP contribution is -2.39. The van der Waals surface area contributed by atoms with Gasteiger partial charge in [0, 0.05) is 6.04 Å². The lowest BCUT2D eigenvalue weighted by molar-refractivity contribution is 0.281. The Morgan fingerprint density at radius 2 is 1.88 bits per heavy atom. The van der Waals surface area contributed by atoms with Crippen LogP contribution in [0.1, 0.15) is 30.1 Å². The first-order valence-corrected chi connectivity index (χ1v) is 6.22. The van der Waals surface area contributed by atoms with E-state index in [0.29, 0.717) is 6.04 Å². The highest BCUT2D eigenvalue weighted by Crippen LogP contribution is 2.36. The van der Waals surface area contributed by atoms with E-state index >= 15 is 0 Å². The Kier molecular flexibility index (Phi) is 2.97. The third-order valence-corrected chi connectivity index (χ3v) is 3.55. The van der Waals surface area contributed by atoms with E-state index in [0.717, 1.165) is 18.2 Å². The van der Waals surface area contributed by atoms with Crippen molar-refractivity contribution in [3.63, 3.8) is 0 Å². The molecule has 88 valence electrons. The van der Waals surface area contributed by atoms with Gasteiger partial charge >= 0.3 is 0 Å². The minimum atomic E-state index is 0.644. The zero-order valence-electron chi connectivity index (χ0n) is 9.80. The van der Waals surface area contributed by atoms with Gasteiger partial charge in [0.1, 0.15) is 5.76 Å². The summed E-state index contributed by atoms with van der Waals surface area (Å²) in [4.78, 5) is 0. The Hall–Kier alpha value is -1.54. The van der Waals surface area contributed by atoms with Gasteiger partial charge in [0.05, 0.1) is 12.8 Å². The molecule has 1 aromatic heterocycles. The van der Waals surface area contributed by atoms with Crippen molar-refractivity contribution in [2.75, 3.05) is 0 Å². The molecule has 1 N–H and O–H groups in total. The van der Waals surface area contributed by atoms with E-state index in [1.54, 1.807) is 6.26 Å². The van der Waals surface area contributed by atoms with Crippen molar-refractivity contribution >= 4 is 0 Å². The summed E-state index contributed by atoms with van der Waals surface area (Å²) in [5.41, 5.74) is 1.48. The van der Waals surface area contributed by atoms with Crippen LogP contribution in [-0.4, -0.2) is 6.04 Å². The summed E-state index contributed by atoms with van der Waals surface area (Å²) < 4.78 is 5.30. The summed E-state index contributed by atoms with van der Waals surface area (Å²) in [7, 11) is 0. The predicted molar refractivity (Wildman–Crippen MR) is 67.8 cm³/mol. The summed E-state index contributed by atoms with van der Waals surface area (Å²) in [5, 5.41) is 3.53. The van der Waals surface area contributed by atoms with Gasteiger partial charge in [-0.25, -0.2) is 0 Å². The molecule has 1 aromatic carbocycles. The van der Waals surface area contributed by atoms with Crippen LogP contribution >= 0.6 is 0 Å². The average Bonchev–Trinajstić information content (AvgIpc) is 2.81. The zero-order valence-corrected chi connectivity index (χ0v) is 9.80. The van der Waals surface area contributed by atoms with Crippen molar-refractivity contribution < 1.29 is 4.42 Å². The molecule has 2 nitrogen and oxygen atoms in total. The quantitative estimate of drug-likeness (QED) is 0.866. The average molecular weight is 227 g/mol. The van der Waals surface area contributed by atoms with Crippen molar-refractivity contribution in [2.24, 2.45) is 0 Å². The number of furan rings is 1. The molecule has 2 aromatic rings. The monoisotopic (exact) mass is 227 g/mol. The van der Waals surface area contributed by atoms with Crippen LogP contribution in [-0.2, 0) is 6.54 Å². The van der Waals surface area contributed by atoms with Gasteiger partial charge in [-0.3, -0.25) is 0 Å². The van der Waals surface area contributed by atoms with Crippen LogP contribution in [0, 0.1) is 0 Å². The standard InChI is InChI=1S/C15H17NO/c1-2-5-12(6-3-1)13-9-14(10-13)16-11-15-7-4-8-17-15/h1-8,13-14,16H,9-11H2. The van der Waals surface area contributed by atoms with Crippen molar-refractivity contribution in [2.45, 2.75) is 31.3 Å². The number of benzene rings is 1. The molecule has 0 amide bonds. The molecule has 0 radical (unpaired) electrons. The molecular formula is C15H17NO. The molecule has 0 atom stereocenters. The Bertz CT molecular complexity index is 443. The van der Waals surface area contributed by atoms with Gasteiger partial charge < -0.3 is 9.73 Å². The smallest absolute Gasteiger partial charge is 0.117 e. The van der Waals surface area contributed by atoms with Gasteiger partial charge in [-0.1, -0.05) is 30.3 Å². The number of rotatable bonds is 4. The topological polar surface area (TPSA) is 25.2 Å². The second-order valence-electron chi connectivity index (χ2n) is 4.74. The highest BCUT2D eigenvalue weighted by molar-refractivity contribution is 5.22. The van der Waals surface area contributed by atoms with Gasteiger partial charge in [0.25, 0.3) is 0 Å². The highest BCUT2D eigenvalue weighted by Gasteiger charge is 2.29. The highest BCUT2D eigenvalue weighted by atomic mass is 16.3. The van der Waals surface area contributed by atoms with Gasteiger partial charge in [0.2, 0.25) is 0 Å². The van der Waals surface area contributed by atoms with E-state index in [1.165, 1.54) is 18.4 Å². The Labute approximate surface area is 102 Å². The van der Waals surface area contributed by atoms with Crippen LogP contribution < -0.4 is 5.32 Å². The van der Waals surface area contributed by atoms with Gasteiger partial charge in [-0.05, 0) is 36.5 Å². The van der Waals surface area contributed by atoms with Crippen LogP contribution in [0.25, 0.3) is 0 Å². The van der Waals surface area contributed by atoms with Crippen LogP contribution in [0.15, 0.2) is 53.1 Å². The summed E-state index contributed by atoms with van der Waals surface area (Å²) in [6.07, 6.45) is 4.21. The minimum absolute atomic E-state index is 0.644. The molecule has 0 bridgehead atoms. The molecular weight excluding hydrogens is 210 g/mol. The Morgan fingerprint density at radius 1 is 1.06 bits per heavy atom. The van der Waals surface area contributed by atoms with E-state index in [9.17, 15) is 0 Å². The van der Waals surface area contributed by atoms with Gasteiger partial charge in [0.15, 0.2) is 0 Å². The van der Waals surface area contributed by atoms with E-state index in [2.05, 4.69) is 35.6 Å². The first kappa shape index (κ1) is 10.6. The largest absolute Gasteiger partial charge is 0.468 e. The van der Waals surface area contributed by atoms with Gasteiger partial charge in [-0.2, -0.15) is 0 Å². The molecule has 17 heavy (non-hydrogen) atoms. The van der Waals surface area contributed by atoms with Crippen LogP contribution in [0.5, 0.6) is 0 Å². The first-order valence-electron chi connectivity index (χ1n) is 6.22. The van der Waals surface area contributed by atoms with E-state index < -0.39 is 0 Å². The van der Waals surface area contributed by atoms with E-state index in [4.69, 9.17) is 4.42 Å². The third-order valence-electron chi connectivity index (χ3n) is 3.55. The van der Waals surface area contributed by atoms with Crippen LogP contribution in [0.2, 0.25) is 0 Å². The summed E-state index contributed by atoms with van der Waals surface area (Å²) in [6, 6.07) is 15.4. The molecule has 0 spiro atoms. The Morgan fingerprint density at radius 3 is 2.59 bits per heavy atom. The molecule has 2 heteroatoms.